The molecule has 0 fully saturated rings. The van der Waals surface area contributed by atoms with Gasteiger partial charge in [-0.05, 0) is 6.42 Å². The highest BCUT2D eigenvalue weighted by Gasteiger charge is 2.32. The fourth-order valence-electron chi connectivity index (χ4n) is 1.10. The Kier molecular flexibility index (Phi) is 3.55. The third kappa shape index (κ3) is 3.05. The van der Waals surface area contributed by atoms with Crippen LogP contribution in [0.25, 0.3) is 0 Å². The van der Waals surface area contributed by atoms with Gasteiger partial charge in [0.1, 0.15) is 11.8 Å². The molecule has 0 unspecified atom stereocenters. The van der Waals surface area contributed by atoms with Crippen LogP contribution in [0.4, 0.5) is 13.2 Å². The minimum atomic E-state index is -4.33. The summed E-state index contributed by atoms with van der Waals surface area (Å²) >= 11 is 0. The zero-order chi connectivity index (χ0) is 10.6. The van der Waals surface area contributed by atoms with Crippen LogP contribution in [0.5, 0.6) is 0 Å². The third-order valence-electron chi connectivity index (χ3n) is 1.87. The average molecular weight is 205 g/mol. The zero-order valence-corrected chi connectivity index (χ0v) is 7.93. The number of hydrogen-bond donors (Lipinski definition) is 0. The summed E-state index contributed by atoms with van der Waals surface area (Å²) in [5, 5.41) is 3.53. The Balaban J connectivity index is 2.51. The first-order valence-electron chi connectivity index (χ1n) is 4.56. The first kappa shape index (κ1) is 11.1. The van der Waals surface area contributed by atoms with Crippen LogP contribution >= 0.6 is 0 Å². The van der Waals surface area contributed by atoms with E-state index in [2.05, 4.69) is 5.10 Å². The maximum atomic E-state index is 12.1. The lowest BCUT2D eigenvalue weighted by Crippen LogP contribution is -2.03. The highest BCUT2D eigenvalue weighted by molar-refractivity contribution is 5.06. The van der Waals surface area contributed by atoms with E-state index in [1.807, 2.05) is 13.1 Å². The van der Waals surface area contributed by atoms with Crippen molar-refractivity contribution in [2.24, 2.45) is 0 Å². The Bertz CT molecular complexity index is 278. The Hall–Kier alpha value is -1.00. The van der Waals surface area contributed by atoms with Crippen molar-refractivity contribution in [2.75, 3.05) is 0 Å². The fraction of sp³-hybridized carbons (Fsp3) is 0.667. The summed E-state index contributed by atoms with van der Waals surface area (Å²) in [6.07, 6.45) is 1.52. The van der Waals surface area contributed by atoms with E-state index in [9.17, 15) is 13.2 Å². The number of halogens is 3. The molecule has 1 aromatic rings. The van der Waals surface area contributed by atoms with E-state index >= 15 is 0 Å². The van der Waals surface area contributed by atoms with Crippen LogP contribution in [0.1, 0.15) is 31.7 Å². The molecule has 79 valence electrons. The minimum absolute atomic E-state index is 0.528. The van der Waals surface area contributed by atoms with Crippen LogP contribution in [0.2, 0.25) is 0 Å². The van der Waals surface area contributed by atoms with Crippen LogP contribution in [0.3, 0.4) is 0 Å². The molecule has 1 aromatic heterocycles. The molecule has 0 bridgehead atoms. The van der Waals surface area contributed by atoms with E-state index < -0.39 is 11.7 Å². The molecule has 0 N–H and O–H groups in total. The van der Waals surface area contributed by atoms with Crippen LogP contribution in [0.15, 0.2) is 6.20 Å². The lowest BCUT2D eigenvalue weighted by Gasteiger charge is -2.01. The van der Waals surface area contributed by atoms with Crippen molar-refractivity contribution in [3.63, 3.8) is 0 Å². The van der Waals surface area contributed by atoms with Gasteiger partial charge in [0.15, 0.2) is 0 Å². The SMILES string of the molecule is CCCCCn1cc(C(F)(F)F)[c]n1. The van der Waals surface area contributed by atoms with E-state index in [0.717, 1.165) is 25.5 Å². The van der Waals surface area contributed by atoms with Gasteiger partial charge in [-0.2, -0.15) is 18.3 Å². The monoisotopic (exact) mass is 205 g/mol. The van der Waals surface area contributed by atoms with Gasteiger partial charge >= 0.3 is 6.18 Å². The van der Waals surface area contributed by atoms with Gasteiger partial charge in [0.2, 0.25) is 0 Å². The number of nitrogens with zero attached hydrogens (tertiary/aromatic N) is 2. The quantitative estimate of drug-likeness (QED) is 0.691. The Morgan fingerprint density at radius 3 is 2.64 bits per heavy atom. The molecule has 1 radical (unpaired) electrons. The molecule has 5 heteroatoms. The van der Waals surface area contributed by atoms with Crippen molar-refractivity contribution in [1.82, 2.24) is 9.78 Å². The van der Waals surface area contributed by atoms with Crippen molar-refractivity contribution in [3.05, 3.63) is 18.0 Å². The van der Waals surface area contributed by atoms with Gasteiger partial charge < -0.3 is 0 Å². The van der Waals surface area contributed by atoms with Gasteiger partial charge in [0, 0.05) is 12.7 Å². The Labute approximate surface area is 80.7 Å². The number of aromatic nitrogens is 2. The molecule has 0 amide bonds. The molecule has 1 heterocycles. The predicted molar refractivity (Wildman–Crippen MR) is 45.6 cm³/mol. The van der Waals surface area contributed by atoms with Crippen molar-refractivity contribution < 1.29 is 13.2 Å². The second kappa shape index (κ2) is 4.48. The molecule has 0 aliphatic heterocycles. The van der Waals surface area contributed by atoms with E-state index in [-0.39, 0.29) is 0 Å². The number of hydrogen-bond acceptors (Lipinski definition) is 1. The number of aryl methyl sites for hydroxylation is 1. The molecule has 1 rings (SSSR count). The second-order valence-electron chi connectivity index (χ2n) is 3.12. The molecule has 0 atom stereocenters. The van der Waals surface area contributed by atoms with E-state index in [1.54, 1.807) is 0 Å². The highest BCUT2D eigenvalue weighted by atomic mass is 19.4. The number of alkyl halides is 3. The van der Waals surface area contributed by atoms with Crippen LogP contribution in [-0.2, 0) is 12.7 Å². The fourth-order valence-corrected chi connectivity index (χ4v) is 1.10. The molecule has 2 nitrogen and oxygen atoms in total. The molecule has 0 aliphatic rings. The van der Waals surface area contributed by atoms with E-state index in [4.69, 9.17) is 0 Å². The molecular weight excluding hydrogens is 193 g/mol. The minimum Gasteiger partial charge on any atom is -0.271 e. The number of rotatable bonds is 4. The van der Waals surface area contributed by atoms with Crippen LogP contribution in [0, 0.1) is 6.20 Å². The molecule has 0 saturated carbocycles. The van der Waals surface area contributed by atoms with Gasteiger partial charge in [-0.3, -0.25) is 4.68 Å². The summed E-state index contributed by atoms with van der Waals surface area (Å²) in [5.74, 6) is 0. The predicted octanol–water partition coefficient (Wildman–Crippen LogP) is 2.89. The summed E-state index contributed by atoms with van der Waals surface area (Å²) in [7, 11) is 0. The van der Waals surface area contributed by atoms with Gasteiger partial charge in [0.25, 0.3) is 0 Å². The summed E-state index contributed by atoms with van der Waals surface area (Å²) in [6, 6.07) is 0. The Morgan fingerprint density at radius 2 is 2.14 bits per heavy atom. The molecule has 0 aliphatic carbocycles. The van der Waals surface area contributed by atoms with Crippen LogP contribution < -0.4 is 0 Å². The summed E-state index contributed by atoms with van der Waals surface area (Å²) in [6.45, 7) is 2.57. The maximum Gasteiger partial charge on any atom is 0.420 e. The topological polar surface area (TPSA) is 17.8 Å². The highest BCUT2D eigenvalue weighted by Crippen LogP contribution is 2.28. The average Bonchev–Trinajstić information content (AvgIpc) is 2.52. The second-order valence-corrected chi connectivity index (χ2v) is 3.12. The van der Waals surface area contributed by atoms with Gasteiger partial charge in [0.05, 0.1) is 0 Å². The van der Waals surface area contributed by atoms with E-state index in [0.29, 0.717) is 6.54 Å². The first-order valence-corrected chi connectivity index (χ1v) is 4.56. The van der Waals surface area contributed by atoms with E-state index in [1.165, 1.54) is 4.68 Å². The molecule has 14 heavy (non-hydrogen) atoms. The van der Waals surface area contributed by atoms with Crippen LogP contribution in [-0.4, -0.2) is 9.78 Å². The number of unbranched alkanes of at least 4 members (excludes halogenated alkanes) is 2. The lowest BCUT2D eigenvalue weighted by molar-refractivity contribution is -0.137. The third-order valence-corrected chi connectivity index (χ3v) is 1.87. The van der Waals surface area contributed by atoms with Crippen molar-refractivity contribution >= 4 is 0 Å². The van der Waals surface area contributed by atoms with Gasteiger partial charge in [-0.15, -0.1) is 0 Å². The Morgan fingerprint density at radius 1 is 1.43 bits per heavy atom. The van der Waals surface area contributed by atoms with Crippen molar-refractivity contribution in [3.8, 4) is 0 Å². The smallest absolute Gasteiger partial charge is 0.271 e. The van der Waals surface area contributed by atoms with Crippen molar-refractivity contribution in [2.45, 2.75) is 38.9 Å². The van der Waals surface area contributed by atoms with Crippen molar-refractivity contribution in [1.29, 1.82) is 0 Å². The summed E-state index contributed by atoms with van der Waals surface area (Å²) in [5.41, 5.74) is -0.797. The molecule has 0 saturated heterocycles. The normalized spacial score (nSPS) is 12.0. The standard InChI is InChI=1S/C9H12F3N2/c1-2-3-4-5-14-7-8(6-13-14)9(10,11)12/h7H,2-5H2,1H3. The summed E-state index contributed by atoms with van der Waals surface area (Å²) in [4.78, 5) is 0. The maximum absolute atomic E-state index is 12.1. The summed E-state index contributed by atoms with van der Waals surface area (Å²) < 4.78 is 37.6. The lowest BCUT2D eigenvalue weighted by atomic mass is 10.2. The van der Waals surface area contributed by atoms with Gasteiger partial charge in [-0.1, -0.05) is 19.8 Å². The van der Waals surface area contributed by atoms with Gasteiger partial charge in [-0.25, -0.2) is 0 Å². The molecule has 0 aromatic carbocycles. The zero-order valence-electron chi connectivity index (χ0n) is 7.93. The first-order chi connectivity index (χ1) is 6.54. The molecule has 0 spiro atoms. The molecular formula is C9H12F3N2. The largest absolute Gasteiger partial charge is 0.420 e.